The van der Waals surface area contributed by atoms with E-state index in [9.17, 15) is 4.39 Å². The first-order valence-electron chi connectivity index (χ1n) is 16.6. The summed E-state index contributed by atoms with van der Waals surface area (Å²) in [5.74, 6) is 1.34. The van der Waals surface area contributed by atoms with Crippen LogP contribution in [-0.2, 0) is 32.9 Å². The van der Waals surface area contributed by atoms with Gasteiger partial charge in [0, 0.05) is 32.5 Å². The van der Waals surface area contributed by atoms with E-state index in [-0.39, 0.29) is 25.9 Å². The van der Waals surface area contributed by atoms with Gasteiger partial charge in [0.15, 0.2) is 0 Å². The van der Waals surface area contributed by atoms with Gasteiger partial charge in [0.1, 0.15) is 5.82 Å². The fourth-order valence-electron chi connectivity index (χ4n) is 6.63. The molecule has 3 aromatic heterocycles. The van der Waals surface area contributed by atoms with Crippen LogP contribution in [0.25, 0.3) is 42.7 Å². The summed E-state index contributed by atoms with van der Waals surface area (Å²) in [4.78, 5) is 9.26. The van der Waals surface area contributed by atoms with Gasteiger partial charge in [-0.2, -0.15) is 11.3 Å². The van der Waals surface area contributed by atoms with Crippen LogP contribution in [-0.4, -0.2) is 18.0 Å². The van der Waals surface area contributed by atoms with Gasteiger partial charge in [-0.1, -0.05) is 100.0 Å². The molecule has 0 spiro atoms. The Morgan fingerprint density at radius 3 is 2.40 bits per heavy atom. The van der Waals surface area contributed by atoms with Gasteiger partial charge in [-0.05, 0) is 63.5 Å². The molecule has 0 N–H and O–H groups in total. The minimum atomic E-state index is -1.34. The molecule has 1 fully saturated rings. The minimum Gasteiger partial charge on any atom is -0.305 e. The molecule has 0 unspecified atom stereocenters. The summed E-state index contributed by atoms with van der Waals surface area (Å²) in [5.41, 5.74) is 6.90. The molecule has 6 aromatic rings. The van der Waals surface area contributed by atoms with Crippen molar-refractivity contribution in [1.29, 1.82) is 0 Å². The average Bonchev–Trinajstić information content (AvgIpc) is 3.69. The maximum absolute atomic E-state index is 14.1. The Morgan fingerprint density at radius 1 is 0.894 bits per heavy atom. The molecule has 1 aliphatic carbocycles. The normalized spacial score (nSPS) is 13.5. The molecule has 2 nitrogen and oxygen atoms in total. The summed E-state index contributed by atoms with van der Waals surface area (Å²) < 4.78 is 15.9. The van der Waals surface area contributed by atoms with Crippen LogP contribution in [0, 0.1) is 29.8 Å². The van der Waals surface area contributed by atoms with E-state index in [1.54, 1.807) is 6.07 Å². The molecule has 47 heavy (non-hydrogen) atoms. The molecule has 0 amide bonds. The third-order valence-corrected chi connectivity index (χ3v) is 12.1. The summed E-state index contributed by atoms with van der Waals surface area (Å²) in [7, 11) is -1.34. The number of hydrogen-bond donors (Lipinski definition) is 0. The molecule has 1 radical (unpaired) electrons. The smallest absolute Gasteiger partial charge is 0.140 e. The number of nitrogens with zero attached hydrogens (tertiary/aromatic N) is 2. The standard InChI is InChI=1S/C23H19FNS.C18H24NSi.Ir/c24-20-7-3-6-18-19-14-17(8-9-22(19)26-23(18)20)21-13-16(10-11-25-21)12-15-4-1-2-5-15;1-14(2)11-16-12-17(15-9-7-6-8-10-15)19-13-18(16)20(3,4)5;/h3,6-7,9-11,13-15H,1-2,4-5,12H2;6-9,12-14H,11H2,1-5H3;/q2*-1;. The van der Waals surface area contributed by atoms with Crippen molar-refractivity contribution in [2.24, 2.45) is 11.8 Å². The first kappa shape index (κ1) is 35.3. The van der Waals surface area contributed by atoms with Gasteiger partial charge in [-0.15, -0.1) is 59.7 Å². The summed E-state index contributed by atoms with van der Waals surface area (Å²) in [6, 6.07) is 30.7. The molecule has 3 aromatic carbocycles. The fourth-order valence-corrected chi connectivity index (χ4v) is 9.29. The molecule has 3 heterocycles. The first-order valence-corrected chi connectivity index (χ1v) is 20.9. The maximum atomic E-state index is 14.1. The zero-order valence-electron chi connectivity index (χ0n) is 28.0. The van der Waals surface area contributed by atoms with E-state index in [0.29, 0.717) is 5.92 Å². The van der Waals surface area contributed by atoms with E-state index >= 15 is 0 Å². The van der Waals surface area contributed by atoms with Crippen LogP contribution in [0.1, 0.15) is 50.7 Å². The van der Waals surface area contributed by atoms with Gasteiger partial charge < -0.3 is 9.97 Å². The average molecular weight is 835 g/mol. The predicted molar refractivity (Wildman–Crippen MR) is 197 cm³/mol. The van der Waals surface area contributed by atoms with E-state index in [0.717, 1.165) is 61.4 Å². The number of aromatic nitrogens is 2. The second-order valence-corrected chi connectivity index (χ2v) is 20.2. The third-order valence-electron chi connectivity index (χ3n) is 8.89. The number of pyridine rings is 2. The topological polar surface area (TPSA) is 25.8 Å². The van der Waals surface area contributed by atoms with Crippen LogP contribution < -0.4 is 5.19 Å². The van der Waals surface area contributed by atoms with Crippen LogP contribution in [0.5, 0.6) is 0 Å². The molecule has 0 aliphatic heterocycles. The molecular formula is C41H43FIrN2SSi-2. The van der Waals surface area contributed by atoms with Crippen molar-refractivity contribution in [3.63, 3.8) is 0 Å². The summed E-state index contributed by atoms with van der Waals surface area (Å²) in [6.07, 6.45) is 11.7. The largest absolute Gasteiger partial charge is 0.305 e. The molecule has 1 saturated carbocycles. The van der Waals surface area contributed by atoms with Gasteiger partial charge in [-0.3, -0.25) is 0 Å². The molecule has 0 bridgehead atoms. The van der Waals surface area contributed by atoms with Crippen molar-refractivity contribution in [2.45, 2.75) is 72.0 Å². The monoisotopic (exact) mass is 835 g/mol. The van der Waals surface area contributed by atoms with Gasteiger partial charge in [0.2, 0.25) is 0 Å². The molecule has 7 rings (SSSR count). The van der Waals surface area contributed by atoms with Crippen molar-refractivity contribution in [2.75, 3.05) is 0 Å². The summed E-state index contributed by atoms with van der Waals surface area (Å²) in [5, 5.41) is 3.55. The maximum Gasteiger partial charge on any atom is 0.140 e. The van der Waals surface area contributed by atoms with E-state index in [4.69, 9.17) is 0 Å². The van der Waals surface area contributed by atoms with Crippen LogP contribution in [0.4, 0.5) is 4.39 Å². The number of thiophene rings is 1. The Kier molecular flexibility index (Phi) is 11.6. The quantitative estimate of drug-likeness (QED) is 0.118. The van der Waals surface area contributed by atoms with E-state index < -0.39 is 8.07 Å². The molecule has 1 aliphatic rings. The van der Waals surface area contributed by atoms with E-state index in [2.05, 4.69) is 92.1 Å². The Hall–Kier alpha value is -3.02. The molecular weight excluding hydrogens is 792 g/mol. The number of benzene rings is 3. The first-order chi connectivity index (χ1) is 22.2. The van der Waals surface area contributed by atoms with Gasteiger partial charge in [0.05, 0.1) is 12.8 Å². The Balaban J connectivity index is 0.000000188. The van der Waals surface area contributed by atoms with Crippen molar-refractivity contribution in [1.82, 2.24) is 9.97 Å². The minimum absolute atomic E-state index is 0. The Bertz CT molecular complexity index is 1940. The van der Waals surface area contributed by atoms with Gasteiger partial charge in [-0.25, -0.2) is 4.39 Å². The number of rotatable bonds is 7. The third kappa shape index (κ3) is 8.53. The predicted octanol–water partition coefficient (Wildman–Crippen LogP) is 11.1. The van der Waals surface area contributed by atoms with E-state index in [1.165, 1.54) is 59.4 Å². The SMILES string of the molecule is CC(C)Cc1cc(-c2[c-]cccc2)ncc1[Si](C)(C)C.Fc1cccc2c1sc1c[c-]c(-c3cc(CC4CCCC4)ccn3)cc12.[Ir]. The van der Waals surface area contributed by atoms with Crippen molar-refractivity contribution < 1.29 is 24.5 Å². The number of halogens is 1. The van der Waals surface area contributed by atoms with Crippen molar-refractivity contribution in [3.8, 4) is 22.5 Å². The summed E-state index contributed by atoms with van der Waals surface area (Å²) >= 11 is 1.49. The fraction of sp³-hybridized carbons (Fsp3) is 0.317. The van der Waals surface area contributed by atoms with Crippen molar-refractivity contribution >= 4 is 44.8 Å². The van der Waals surface area contributed by atoms with Crippen LogP contribution in [0.15, 0.2) is 85.2 Å². The Labute approximate surface area is 298 Å². The molecule has 6 heteroatoms. The van der Waals surface area contributed by atoms with Gasteiger partial charge in [0.25, 0.3) is 0 Å². The van der Waals surface area contributed by atoms with Crippen LogP contribution in [0.3, 0.4) is 0 Å². The number of fused-ring (bicyclic) bond motifs is 3. The van der Waals surface area contributed by atoms with Crippen LogP contribution >= 0.6 is 11.3 Å². The second kappa shape index (κ2) is 15.5. The Morgan fingerprint density at radius 2 is 1.68 bits per heavy atom. The number of hydrogen-bond acceptors (Lipinski definition) is 3. The zero-order valence-corrected chi connectivity index (χ0v) is 32.2. The summed E-state index contributed by atoms with van der Waals surface area (Å²) in [6.45, 7) is 11.7. The van der Waals surface area contributed by atoms with E-state index in [1.807, 2.05) is 36.5 Å². The molecule has 0 atom stereocenters. The molecule has 0 saturated heterocycles. The second-order valence-electron chi connectivity index (χ2n) is 14.1. The zero-order chi connectivity index (χ0) is 32.3. The van der Waals surface area contributed by atoms with Crippen molar-refractivity contribution in [3.05, 3.63) is 114 Å². The van der Waals surface area contributed by atoms with Crippen LogP contribution in [0.2, 0.25) is 19.6 Å². The van der Waals surface area contributed by atoms with Gasteiger partial charge >= 0.3 is 0 Å². The molecule has 245 valence electrons.